The van der Waals surface area contributed by atoms with Crippen molar-refractivity contribution in [2.75, 3.05) is 0 Å². The number of hydrogen-bond acceptors (Lipinski definition) is 3. The average molecular weight is 341 g/mol. The second-order valence-electron chi connectivity index (χ2n) is 7.43. The standard InChI is InChI=1S/C23H19NO2/c1-13-6-4-7-14(12-13)19-20-17(10-5-11-18(20)25)24-22-15-8-2-3-9-16(15)23(26)21(19)22/h2-4,6-9,12,19-20H,5,10-11H2,1H3/t19-,20?/m1/s1. The molecular weight excluding hydrogens is 322 g/mol. The van der Waals surface area contributed by atoms with E-state index in [1.807, 2.05) is 49.4 Å². The summed E-state index contributed by atoms with van der Waals surface area (Å²) in [6.45, 7) is 2.05. The first kappa shape index (κ1) is 15.4. The maximum atomic E-state index is 13.2. The molecule has 1 saturated carbocycles. The Bertz CT molecular complexity index is 1030. The minimum absolute atomic E-state index is 0.0308. The third-order valence-electron chi connectivity index (χ3n) is 5.79. The summed E-state index contributed by atoms with van der Waals surface area (Å²) in [4.78, 5) is 31.0. The summed E-state index contributed by atoms with van der Waals surface area (Å²) < 4.78 is 0. The number of aryl methyl sites for hydroxylation is 1. The van der Waals surface area contributed by atoms with Crippen LogP contribution >= 0.6 is 0 Å². The predicted octanol–water partition coefficient (Wildman–Crippen LogP) is 4.51. The zero-order valence-corrected chi connectivity index (χ0v) is 14.7. The molecule has 0 amide bonds. The highest BCUT2D eigenvalue weighted by Crippen LogP contribution is 2.49. The van der Waals surface area contributed by atoms with Crippen molar-refractivity contribution in [2.24, 2.45) is 10.9 Å². The quantitative estimate of drug-likeness (QED) is 0.766. The molecule has 0 saturated heterocycles. The van der Waals surface area contributed by atoms with Crippen molar-refractivity contribution in [1.82, 2.24) is 0 Å². The molecule has 3 nitrogen and oxygen atoms in total. The third kappa shape index (κ3) is 2.10. The molecule has 1 aliphatic heterocycles. The Balaban J connectivity index is 1.77. The Morgan fingerprint density at radius 1 is 0.923 bits per heavy atom. The maximum Gasteiger partial charge on any atom is 0.192 e. The largest absolute Gasteiger partial charge is 0.299 e. The van der Waals surface area contributed by atoms with E-state index in [-0.39, 0.29) is 23.4 Å². The van der Waals surface area contributed by atoms with E-state index in [1.165, 1.54) is 0 Å². The van der Waals surface area contributed by atoms with Gasteiger partial charge >= 0.3 is 0 Å². The van der Waals surface area contributed by atoms with Crippen LogP contribution in [-0.4, -0.2) is 17.3 Å². The Hall–Kier alpha value is -2.81. The molecule has 3 heteroatoms. The van der Waals surface area contributed by atoms with E-state index in [4.69, 9.17) is 4.99 Å². The van der Waals surface area contributed by atoms with Gasteiger partial charge in [0.1, 0.15) is 5.78 Å². The lowest BCUT2D eigenvalue weighted by Gasteiger charge is -2.35. The number of nitrogens with zero attached hydrogens (tertiary/aromatic N) is 1. The fourth-order valence-electron chi connectivity index (χ4n) is 4.67. The van der Waals surface area contributed by atoms with Gasteiger partial charge in [-0.05, 0) is 25.3 Å². The van der Waals surface area contributed by atoms with Crippen LogP contribution < -0.4 is 0 Å². The minimum Gasteiger partial charge on any atom is -0.299 e. The number of fused-ring (bicyclic) bond motifs is 3. The Kier molecular flexibility index (Phi) is 3.33. The van der Waals surface area contributed by atoms with Crippen molar-refractivity contribution >= 4 is 23.0 Å². The molecule has 0 radical (unpaired) electrons. The number of allylic oxidation sites excluding steroid dienone is 1. The molecule has 26 heavy (non-hydrogen) atoms. The first-order chi connectivity index (χ1) is 12.6. The number of carbonyl (C=O) groups is 2. The van der Waals surface area contributed by atoms with E-state index < -0.39 is 0 Å². The van der Waals surface area contributed by atoms with Crippen LogP contribution in [0.25, 0.3) is 5.70 Å². The molecular formula is C23H19NO2. The van der Waals surface area contributed by atoms with Crippen molar-refractivity contribution in [3.05, 3.63) is 76.4 Å². The first-order valence-electron chi connectivity index (χ1n) is 9.20. The molecule has 3 aliphatic rings. The normalized spacial score (nSPS) is 24.1. The molecule has 1 unspecified atom stereocenters. The number of hydrogen-bond donors (Lipinski definition) is 0. The number of Topliss-reactive ketones (excluding diaryl/α,β-unsaturated/α-hetero) is 2. The predicted molar refractivity (Wildman–Crippen MR) is 101 cm³/mol. The van der Waals surface area contributed by atoms with Gasteiger partial charge in [0.2, 0.25) is 0 Å². The fourth-order valence-corrected chi connectivity index (χ4v) is 4.67. The van der Waals surface area contributed by atoms with Gasteiger partial charge in [-0.1, -0.05) is 54.1 Å². The SMILES string of the molecule is Cc1cccc([C@H]2C3=C(N=C4CCCC(=O)C42)c2ccccc2C3=O)c1. The molecule has 0 spiro atoms. The van der Waals surface area contributed by atoms with Gasteiger partial charge in [-0.15, -0.1) is 0 Å². The monoisotopic (exact) mass is 341 g/mol. The van der Waals surface area contributed by atoms with Gasteiger partial charge in [0, 0.05) is 34.8 Å². The molecule has 1 fully saturated rings. The first-order valence-corrected chi connectivity index (χ1v) is 9.20. The van der Waals surface area contributed by atoms with Crippen LogP contribution in [0.2, 0.25) is 0 Å². The average Bonchev–Trinajstić information content (AvgIpc) is 2.93. The van der Waals surface area contributed by atoms with E-state index >= 15 is 0 Å². The number of ketones is 2. The number of benzene rings is 2. The van der Waals surface area contributed by atoms with E-state index in [9.17, 15) is 9.59 Å². The molecule has 0 bridgehead atoms. The Morgan fingerprint density at radius 3 is 2.54 bits per heavy atom. The third-order valence-corrected chi connectivity index (χ3v) is 5.79. The lowest BCUT2D eigenvalue weighted by atomic mass is 9.69. The smallest absolute Gasteiger partial charge is 0.192 e. The molecule has 2 aromatic rings. The molecule has 0 aromatic heterocycles. The van der Waals surface area contributed by atoms with Crippen molar-refractivity contribution in [3.8, 4) is 0 Å². The summed E-state index contributed by atoms with van der Waals surface area (Å²) in [5.41, 5.74) is 6.26. The highest BCUT2D eigenvalue weighted by molar-refractivity contribution is 6.25. The van der Waals surface area contributed by atoms with Gasteiger partial charge in [0.15, 0.2) is 5.78 Å². The second-order valence-corrected chi connectivity index (χ2v) is 7.43. The van der Waals surface area contributed by atoms with Gasteiger partial charge in [-0.25, -0.2) is 0 Å². The van der Waals surface area contributed by atoms with Crippen molar-refractivity contribution in [3.63, 3.8) is 0 Å². The summed E-state index contributed by atoms with van der Waals surface area (Å²) >= 11 is 0. The number of rotatable bonds is 1. The van der Waals surface area contributed by atoms with Crippen LogP contribution in [0.15, 0.2) is 59.1 Å². The van der Waals surface area contributed by atoms with Crippen LogP contribution in [0.5, 0.6) is 0 Å². The van der Waals surface area contributed by atoms with Crippen LogP contribution in [0.1, 0.15) is 52.2 Å². The van der Waals surface area contributed by atoms with Gasteiger partial charge in [0.25, 0.3) is 0 Å². The summed E-state index contributed by atoms with van der Waals surface area (Å²) in [5, 5.41) is 0. The summed E-state index contributed by atoms with van der Waals surface area (Å²) in [6.07, 6.45) is 2.27. The number of aliphatic imine (C=N–C) groups is 1. The van der Waals surface area contributed by atoms with Gasteiger partial charge in [-0.3, -0.25) is 14.6 Å². The van der Waals surface area contributed by atoms with Crippen molar-refractivity contribution in [2.45, 2.75) is 32.1 Å². The van der Waals surface area contributed by atoms with Crippen LogP contribution in [-0.2, 0) is 4.79 Å². The lowest BCUT2D eigenvalue weighted by molar-refractivity contribution is -0.121. The molecule has 2 atom stereocenters. The van der Waals surface area contributed by atoms with E-state index in [2.05, 4.69) is 6.07 Å². The molecule has 2 aromatic carbocycles. The van der Waals surface area contributed by atoms with Gasteiger partial charge in [-0.2, -0.15) is 0 Å². The lowest BCUT2D eigenvalue weighted by Crippen LogP contribution is -2.37. The molecule has 0 N–H and O–H groups in total. The van der Waals surface area contributed by atoms with E-state index in [1.54, 1.807) is 0 Å². The summed E-state index contributed by atoms with van der Waals surface area (Å²) in [7, 11) is 0. The molecule has 128 valence electrons. The Labute approximate surface area is 152 Å². The maximum absolute atomic E-state index is 13.2. The van der Waals surface area contributed by atoms with Gasteiger partial charge < -0.3 is 0 Å². The van der Waals surface area contributed by atoms with Crippen LogP contribution in [0, 0.1) is 12.8 Å². The van der Waals surface area contributed by atoms with Crippen molar-refractivity contribution in [1.29, 1.82) is 0 Å². The number of carbonyl (C=O) groups excluding carboxylic acids is 2. The van der Waals surface area contributed by atoms with Crippen LogP contribution in [0.3, 0.4) is 0 Å². The minimum atomic E-state index is -0.289. The highest BCUT2D eigenvalue weighted by atomic mass is 16.1. The topological polar surface area (TPSA) is 46.5 Å². The van der Waals surface area contributed by atoms with Crippen LogP contribution in [0.4, 0.5) is 0 Å². The molecule has 1 heterocycles. The van der Waals surface area contributed by atoms with E-state index in [0.717, 1.165) is 40.9 Å². The molecule has 2 aliphatic carbocycles. The Morgan fingerprint density at radius 2 is 1.73 bits per heavy atom. The van der Waals surface area contributed by atoms with Gasteiger partial charge in [0.05, 0.1) is 11.6 Å². The van der Waals surface area contributed by atoms with E-state index in [0.29, 0.717) is 17.6 Å². The van der Waals surface area contributed by atoms with Crippen molar-refractivity contribution < 1.29 is 9.59 Å². The zero-order valence-electron chi connectivity index (χ0n) is 14.7. The highest BCUT2D eigenvalue weighted by Gasteiger charge is 2.46. The molecule has 5 rings (SSSR count). The summed E-state index contributed by atoms with van der Waals surface area (Å²) in [6, 6.07) is 15.9. The summed E-state index contributed by atoms with van der Waals surface area (Å²) in [5.74, 6) is -0.257. The fraction of sp³-hybridized carbons (Fsp3) is 0.261. The zero-order chi connectivity index (χ0) is 17.8. The second kappa shape index (κ2) is 5.60.